The maximum atomic E-state index is 12.6. The van der Waals surface area contributed by atoms with Crippen LogP contribution in [0.5, 0.6) is 0 Å². The van der Waals surface area contributed by atoms with Gasteiger partial charge in [-0.15, -0.1) is 15.3 Å². The van der Waals surface area contributed by atoms with Crippen LogP contribution in [0.4, 0.5) is 38.9 Å². The fourth-order valence-corrected chi connectivity index (χ4v) is 8.84. The van der Waals surface area contributed by atoms with Crippen LogP contribution in [-0.4, -0.2) is 47.4 Å². The highest BCUT2D eigenvalue weighted by molar-refractivity contribution is 8.00. The molecule has 3 heterocycles. The summed E-state index contributed by atoms with van der Waals surface area (Å²) in [5, 5.41) is 36.0. The lowest BCUT2D eigenvalue weighted by atomic mass is 9.97. The van der Waals surface area contributed by atoms with Crippen molar-refractivity contribution in [2.45, 2.75) is 62.0 Å². The van der Waals surface area contributed by atoms with Crippen molar-refractivity contribution in [3.63, 3.8) is 0 Å². The average molecular weight is 713 g/mol. The van der Waals surface area contributed by atoms with Crippen molar-refractivity contribution in [2.24, 2.45) is 20.5 Å². The Morgan fingerprint density at radius 1 is 0.769 bits per heavy atom. The number of carbonyl (C=O) groups is 2. The molecule has 0 radical (unpaired) electrons. The van der Waals surface area contributed by atoms with Crippen LogP contribution in [0, 0.1) is 0 Å². The van der Waals surface area contributed by atoms with Gasteiger partial charge in [0.2, 0.25) is 0 Å². The van der Waals surface area contributed by atoms with Crippen molar-refractivity contribution in [3.8, 4) is 0 Å². The predicted molar refractivity (Wildman–Crippen MR) is 208 cm³/mol. The van der Waals surface area contributed by atoms with E-state index in [1.807, 2.05) is 96.7 Å². The van der Waals surface area contributed by atoms with Gasteiger partial charge in [-0.05, 0) is 62.2 Å². The number of hydrogen-bond acceptors (Lipinski definition) is 10. The lowest BCUT2D eigenvalue weighted by Crippen LogP contribution is -2.46. The summed E-state index contributed by atoms with van der Waals surface area (Å²) < 4.78 is 5.66. The maximum Gasteiger partial charge on any atom is 0.315 e. The van der Waals surface area contributed by atoms with Gasteiger partial charge in [-0.3, -0.25) is 4.79 Å². The largest absolute Gasteiger partial charge is 0.466 e. The van der Waals surface area contributed by atoms with E-state index in [1.165, 1.54) is 0 Å². The third-order valence-corrected chi connectivity index (χ3v) is 11.4. The Kier molecular flexibility index (Phi) is 9.46. The van der Waals surface area contributed by atoms with Gasteiger partial charge in [-0.1, -0.05) is 61.0 Å². The van der Waals surface area contributed by atoms with Crippen LogP contribution in [-0.2, 0) is 9.53 Å². The maximum absolute atomic E-state index is 12.6. The van der Waals surface area contributed by atoms with E-state index < -0.39 is 5.66 Å². The number of nitrogens with zero attached hydrogens (tertiary/aromatic N) is 4. The highest BCUT2D eigenvalue weighted by Gasteiger charge is 2.42. The van der Waals surface area contributed by atoms with Crippen molar-refractivity contribution in [1.82, 2.24) is 10.6 Å². The number of hydrogen-bond donors (Lipinski definition) is 4. The van der Waals surface area contributed by atoms with Gasteiger partial charge in [0.1, 0.15) is 5.66 Å². The number of nitrogens with one attached hydrogen (secondary N) is 4. The van der Waals surface area contributed by atoms with Gasteiger partial charge in [-0.2, -0.15) is 16.9 Å². The van der Waals surface area contributed by atoms with Crippen LogP contribution in [0.25, 0.3) is 21.5 Å². The number of rotatable bonds is 12. The van der Waals surface area contributed by atoms with Gasteiger partial charge in [0, 0.05) is 56.8 Å². The highest BCUT2D eigenvalue weighted by atomic mass is 32.2. The highest BCUT2D eigenvalue weighted by Crippen LogP contribution is 2.43. The second-order valence-electron chi connectivity index (χ2n) is 13.7. The Morgan fingerprint density at radius 2 is 1.42 bits per heavy atom. The number of carbonyl (C=O) groups excluding carboxylic acids is 2. The molecule has 8 rings (SSSR count). The molecule has 12 heteroatoms. The van der Waals surface area contributed by atoms with E-state index in [0.29, 0.717) is 24.7 Å². The lowest BCUT2D eigenvalue weighted by Gasteiger charge is -2.38. The summed E-state index contributed by atoms with van der Waals surface area (Å²) in [4.78, 5) is 24.2. The quantitative estimate of drug-likeness (QED) is 0.0439. The number of ether oxygens (including phenoxy) is 1. The van der Waals surface area contributed by atoms with Gasteiger partial charge in [0.15, 0.2) is 0 Å². The molecule has 4 atom stereocenters. The molecule has 0 spiro atoms. The minimum absolute atomic E-state index is 0.0670. The minimum atomic E-state index is -0.515. The van der Waals surface area contributed by atoms with Crippen LogP contribution < -0.4 is 21.3 Å². The second-order valence-corrected chi connectivity index (χ2v) is 14.9. The van der Waals surface area contributed by atoms with E-state index >= 15 is 0 Å². The smallest absolute Gasteiger partial charge is 0.315 e. The Bertz CT molecular complexity index is 2180. The van der Waals surface area contributed by atoms with Gasteiger partial charge in [0.25, 0.3) is 0 Å². The molecule has 52 heavy (non-hydrogen) atoms. The molecule has 0 aliphatic carbocycles. The second kappa shape index (κ2) is 14.6. The van der Waals surface area contributed by atoms with Crippen LogP contribution in [0.15, 0.2) is 118 Å². The average Bonchev–Trinajstić information content (AvgIpc) is 3.71. The zero-order chi connectivity index (χ0) is 35.5. The molecule has 3 aliphatic heterocycles. The summed E-state index contributed by atoms with van der Waals surface area (Å²) in [7, 11) is 0. The Morgan fingerprint density at radius 3 is 2.19 bits per heavy atom. The first-order valence-electron chi connectivity index (χ1n) is 17.8. The molecule has 0 bridgehead atoms. The summed E-state index contributed by atoms with van der Waals surface area (Å²) in [5.41, 5.74) is 4.51. The molecule has 1 unspecified atom stereocenters. The summed E-state index contributed by atoms with van der Waals surface area (Å²) in [6.07, 6.45) is 3.67. The Hall–Kier alpha value is -5.49. The van der Waals surface area contributed by atoms with Crippen LogP contribution >= 0.6 is 11.8 Å². The summed E-state index contributed by atoms with van der Waals surface area (Å²) in [5.74, 6) is 0.768. The minimum Gasteiger partial charge on any atom is -0.466 e. The molecule has 5 aromatic carbocycles. The van der Waals surface area contributed by atoms with E-state index in [-0.39, 0.29) is 24.1 Å². The van der Waals surface area contributed by atoms with Gasteiger partial charge in [-0.25, -0.2) is 4.79 Å². The lowest BCUT2D eigenvalue weighted by molar-refractivity contribution is -0.144. The molecule has 0 saturated carbocycles. The third-order valence-electron chi connectivity index (χ3n) is 9.93. The molecule has 4 N–H and O–H groups in total. The van der Waals surface area contributed by atoms with Crippen molar-refractivity contribution < 1.29 is 14.3 Å². The monoisotopic (exact) mass is 712 g/mol. The predicted octanol–water partition coefficient (Wildman–Crippen LogP) is 10.0. The normalized spacial score (nSPS) is 21.9. The molecular weight excluding hydrogens is 673 g/mol. The molecule has 5 aromatic rings. The zero-order valence-electron chi connectivity index (χ0n) is 28.8. The SMILES string of the molecule is CC1(CCOC(=O)CCCC[C@H]2SC[C@H]3NC(=O)N[C@H]32)Nc2cccc3c(/N=N/c4ccc(/N=N/c5ccccc5)c5ccccc45)ccc(c23)N1. The molecule has 0 aromatic heterocycles. The fraction of sp³-hybridized carbons (Fsp3) is 0.300. The number of benzene rings is 5. The number of unbranched alkanes of at least 4 members (excludes halogenated alkanes) is 1. The Labute approximate surface area is 306 Å². The third kappa shape index (κ3) is 7.16. The van der Waals surface area contributed by atoms with Crippen LogP contribution in [0.1, 0.15) is 39.0 Å². The van der Waals surface area contributed by atoms with Crippen LogP contribution in [0.3, 0.4) is 0 Å². The zero-order valence-corrected chi connectivity index (χ0v) is 29.7. The van der Waals surface area contributed by atoms with E-state index in [2.05, 4.69) is 50.6 Å². The molecule has 264 valence electrons. The summed E-state index contributed by atoms with van der Waals surface area (Å²) in [6, 6.07) is 32.0. The van der Waals surface area contributed by atoms with E-state index in [1.54, 1.807) is 0 Å². The molecular formula is C40H40N8O3S. The first kappa shape index (κ1) is 33.6. The number of esters is 1. The number of urea groups is 1. The van der Waals surface area contributed by atoms with Crippen LogP contribution in [0.2, 0.25) is 0 Å². The van der Waals surface area contributed by atoms with E-state index in [4.69, 9.17) is 15.0 Å². The van der Waals surface area contributed by atoms with Crippen molar-refractivity contribution in [1.29, 1.82) is 0 Å². The van der Waals surface area contributed by atoms with E-state index in [0.717, 1.165) is 80.7 Å². The van der Waals surface area contributed by atoms with Crippen molar-refractivity contribution in [3.05, 3.63) is 97.1 Å². The fourth-order valence-electron chi connectivity index (χ4n) is 7.29. The number of azo groups is 2. The molecule has 2 amide bonds. The molecule has 2 saturated heterocycles. The standard InChI is InChI=1S/C40H40N8O3S/c1-40(22-23-51-36(49)17-8-7-16-35-38-34(24-52-35)41-39(50)42-38)43-32-15-9-14-28-31(20-21-33(44-40)37(28)32)48-47-30-19-18-29(26-12-5-6-13-27(26)30)46-45-25-10-3-2-4-11-25/h2-6,9-15,18-21,34-35,38,43-44H,7-8,16-17,22-24H2,1H3,(H2,41,42,50)/b46-45+,48-47+/t34-,35-,38-,40?/m1/s1. The molecule has 3 aliphatic rings. The first-order valence-corrected chi connectivity index (χ1v) is 18.8. The number of anilines is 2. The number of fused-ring (bicyclic) bond motifs is 2. The number of amides is 2. The Balaban J connectivity index is 0.889. The molecule has 11 nitrogen and oxygen atoms in total. The van der Waals surface area contributed by atoms with Gasteiger partial charge < -0.3 is 26.0 Å². The molecule has 2 fully saturated rings. The number of thioether (sulfide) groups is 1. The summed E-state index contributed by atoms with van der Waals surface area (Å²) >= 11 is 1.90. The van der Waals surface area contributed by atoms with Crippen molar-refractivity contribution >= 4 is 79.4 Å². The van der Waals surface area contributed by atoms with E-state index in [9.17, 15) is 9.59 Å². The van der Waals surface area contributed by atoms with Gasteiger partial charge >= 0.3 is 12.0 Å². The van der Waals surface area contributed by atoms with Gasteiger partial charge in [0.05, 0.1) is 41.4 Å². The topological polar surface area (TPSA) is 141 Å². The van der Waals surface area contributed by atoms with Crippen molar-refractivity contribution in [2.75, 3.05) is 23.0 Å². The summed E-state index contributed by atoms with van der Waals surface area (Å²) in [6.45, 7) is 2.38. The first-order chi connectivity index (χ1) is 25.4.